The molecule has 0 saturated heterocycles. The maximum Gasteiger partial charge on any atom is 0.337 e. The Morgan fingerprint density at radius 2 is 1.80 bits per heavy atom. The van der Waals surface area contributed by atoms with Crippen LogP contribution in [0.2, 0.25) is 0 Å². The first-order chi connectivity index (χ1) is 9.40. The number of nitrogen functional groups attached to an aromatic ring is 1. The Kier molecular flexibility index (Phi) is 3.94. The highest BCUT2D eigenvalue weighted by Gasteiger charge is 2.13. The van der Waals surface area contributed by atoms with E-state index in [0.717, 1.165) is 17.0 Å². The number of aryl methyl sites for hydroxylation is 2. The zero-order chi connectivity index (χ0) is 14.9. The van der Waals surface area contributed by atoms with Gasteiger partial charge in [0.25, 0.3) is 0 Å². The van der Waals surface area contributed by atoms with Crippen molar-refractivity contribution in [3.05, 3.63) is 40.7 Å². The number of hydrogen-bond acceptors (Lipinski definition) is 5. The third kappa shape index (κ3) is 2.75. The third-order valence-corrected chi connectivity index (χ3v) is 4.05. The second kappa shape index (κ2) is 5.50. The minimum absolute atomic E-state index is 0.0931. The van der Waals surface area contributed by atoms with Gasteiger partial charge >= 0.3 is 5.97 Å². The van der Waals surface area contributed by atoms with Gasteiger partial charge in [0.05, 0.1) is 11.3 Å². The zero-order valence-corrected chi connectivity index (χ0v) is 12.3. The van der Waals surface area contributed by atoms with E-state index in [0.29, 0.717) is 10.1 Å². The van der Waals surface area contributed by atoms with Crippen molar-refractivity contribution in [3.63, 3.8) is 0 Å². The summed E-state index contributed by atoms with van der Waals surface area (Å²) in [5.41, 5.74) is 9.09. The van der Waals surface area contributed by atoms with Gasteiger partial charge in [0.1, 0.15) is 0 Å². The molecule has 0 amide bonds. The number of aromatic nitrogens is 2. The Labute approximate surface area is 121 Å². The van der Waals surface area contributed by atoms with E-state index in [-0.39, 0.29) is 11.3 Å². The molecule has 3 N–H and O–H groups in total. The molecular weight excluding hydrogens is 274 g/mol. The summed E-state index contributed by atoms with van der Waals surface area (Å²) in [5.74, 6) is -1.04. The van der Waals surface area contributed by atoms with Gasteiger partial charge in [-0.2, -0.15) is 0 Å². The summed E-state index contributed by atoms with van der Waals surface area (Å²) >= 11 is 1.27. The maximum atomic E-state index is 11.1. The Hall–Kier alpha value is -2.08. The average molecular weight is 289 g/mol. The minimum atomic E-state index is -1.04. The fraction of sp³-hybridized carbons (Fsp3) is 0.214. The molecule has 6 heteroatoms. The smallest absolute Gasteiger partial charge is 0.337 e. The van der Waals surface area contributed by atoms with Gasteiger partial charge in [-0.3, -0.25) is 0 Å². The van der Waals surface area contributed by atoms with Crippen LogP contribution in [0.3, 0.4) is 0 Å². The molecule has 0 aliphatic carbocycles. The second-order valence-corrected chi connectivity index (χ2v) is 5.44. The van der Waals surface area contributed by atoms with E-state index in [4.69, 9.17) is 10.8 Å². The molecule has 1 aromatic heterocycles. The molecular formula is C14H15N3O2S. The lowest BCUT2D eigenvalue weighted by atomic mass is 10.2. The molecule has 0 bridgehead atoms. The summed E-state index contributed by atoms with van der Waals surface area (Å²) in [5, 5.41) is 9.63. The first-order valence-electron chi connectivity index (χ1n) is 6.01. The van der Waals surface area contributed by atoms with Crippen molar-refractivity contribution >= 4 is 23.4 Å². The Bertz CT molecular complexity index is 663. The number of nitrogens with two attached hydrogens (primary N) is 1. The summed E-state index contributed by atoms with van der Waals surface area (Å²) < 4.78 is 0. The Morgan fingerprint density at radius 3 is 2.35 bits per heavy atom. The minimum Gasteiger partial charge on any atom is -0.478 e. The number of aromatic carboxylic acids is 1. The van der Waals surface area contributed by atoms with E-state index < -0.39 is 5.97 Å². The normalized spacial score (nSPS) is 10.6. The highest BCUT2D eigenvalue weighted by Crippen LogP contribution is 2.32. The quantitative estimate of drug-likeness (QED) is 0.667. The van der Waals surface area contributed by atoms with E-state index in [1.165, 1.54) is 17.8 Å². The molecule has 1 heterocycles. The highest BCUT2D eigenvalue weighted by atomic mass is 32.2. The van der Waals surface area contributed by atoms with Crippen molar-refractivity contribution in [3.8, 4) is 0 Å². The molecule has 1 aromatic carbocycles. The SMILES string of the molecule is Cc1nc(Sc2cccc(C(=O)O)c2N)nc(C)c1C. The molecule has 0 aliphatic rings. The van der Waals surface area contributed by atoms with Crippen LogP contribution in [-0.4, -0.2) is 21.0 Å². The molecule has 0 saturated carbocycles. The third-order valence-electron chi connectivity index (χ3n) is 3.11. The molecule has 0 radical (unpaired) electrons. The molecule has 104 valence electrons. The summed E-state index contributed by atoms with van der Waals surface area (Å²) in [7, 11) is 0. The van der Waals surface area contributed by atoms with Crippen LogP contribution < -0.4 is 5.73 Å². The van der Waals surface area contributed by atoms with Gasteiger partial charge in [-0.05, 0) is 50.2 Å². The fourth-order valence-electron chi connectivity index (χ4n) is 1.70. The summed E-state index contributed by atoms with van der Waals surface area (Å²) in [6, 6.07) is 4.91. The van der Waals surface area contributed by atoms with Crippen molar-refractivity contribution in [2.24, 2.45) is 0 Å². The summed E-state index contributed by atoms with van der Waals surface area (Å²) in [4.78, 5) is 20.5. The molecule has 0 unspecified atom stereocenters. The predicted molar refractivity (Wildman–Crippen MR) is 78.2 cm³/mol. The number of carboxylic acid groups (broad SMARTS) is 1. The number of nitrogens with zero attached hydrogens (tertiary/aromatic N) is 2. The van der Waals surface area contributed by atoms with Crippen molar-refractivity contribution < 1.29 is 9.90 Å². The largest absolute Gasteiger partial charge is 0.478 e. The summed E-state index contributed by atoms with van der Waals surface area (Å²) in [6.07, 6.45) is 0. The number of anilines is 1. The van der Waals surface area contributed by atoms with Crippen LogP contribution in [0.4, 0.5) is 5.69 Å². The Morgan fingerprint density at radius 1 is 1.20 bits per heavy atom. The lowest BCUT2D eigenvalue weighted by molar-refractivity contribution is 0.0698. The van der Waals surface area contributed by atoms with Crippen molar-refractivity contribution in [2.75, 3.05) is 5.73 Å². The number of carboxylic acids is 1. The monoisotopic (exact) mass is 289 g/mol. The molecule has 20 heavy (non-hydrogen) atoms. The fourth-order valence-corrected chi connectivity index (χ4v) is 2.63. The first kappa shape index (κ1) is 14.3. The van der Waals surface area contributed by atoms with Crippen LogP contribution in [-0.2, 0) is 0 Å². The van der Waals surface area contributed by atoms with Crippen LogP contribution >= 0.6 is 11.8 Å². The number of hydrogen-bond donors (Lipinski definition) is 2. The van der Waals surface area contributed by atoms with Crippen LogP contribution in [0, 0.1) is 20.8 Å². The van der Waals surface area contributed by atoms with Gasteiger partial charge in [0.15, 0.2) is 5.16 Å². The molecule has 0 aliphatic heterocycles. The molecule has 0 atom stereocenters. The average Bonchev–Trinajstić information content (AvgIpc) is 2.38. The lowest BCUT2D eigenvalue weighted by Gasteiger charge is -2.09. The number of rotatable bonds is 3. The second-order valence-electron chi connectivity index (χ2n) is 4.43. The zero-order valence-electron chi connectivity index (χ0n) is 11.5. The van der Waals surface area contributed by atoms with E-state index in [1.54, 1.807) is 12.1 Å². The van der Waals surface area contributed by atoms with Crippen LogP contribution in [0.1, 0.15) is 27.3 Å². The van der Waals surface area contributed by atoms with Crippen molar-refractivity contribution in [2.45, 2.75) is 30.8 Å². The van der Waals surface area contributed by atoms with E-state index >= 15 is 0 Å². The standard InChI is InChI=1S/C14H15N3O2S/c1-7-8(2)16-14(17-9(7)3)20-11-6-4-5-10(12(11)15)13(18)19/h4-6H,15H2,1-3H3,(H,18,19). The van der Waals surface area contributed by atoms with Gasteiger partial charge in [-0.1, -0.05) is 6.07 Å². The van der Waals surface area contributed by atoms with Crippen molar-refractivity contribution in [1.29, 1.82) is 0 Å². The maximum absolute atomic E-state index is 11.1. The van der Waals surface area contributed by atoms with E-state index in [1.807, 2.05) is 20.8 Å². The molecule has 0 spiro atoms. The van der Waals surface area contributed by atoms with Gasteiger partial charge in [-0.15, -0.1) is 0 Å². The highest BCUT2D eigenvalue weighted by molar-refractivity contribution is 7.99. The van der Waals surface area contributed by atoms with Gasteiger partial charge in [0, 0.05) is 16.3 Å². The molecule has 2 aromatic rings. The number of carbonyl (C=O) groups is 1. The first-order valence-corrected chi connectivity index (χ1v) is 6.83. The van der Waals surface area contributed by atoms with Gasteiger partial charge in [0.2, 0.25) is 0 Å². The van der Waals surface area contributed by atoms with Crippen LogP contribution in [0.15, 0.2) is 28.3 Å². The Balaban J connectivity index is 2.40. The lowest BCUT2D eigenvalue weighted by Crippen LogP contribution is -2.04. The van der Waals surface area contributed by atoms with Gasteiger partial charge < -0.3 is 10.8 Å². The van der Waals surface area contributed by atoms with E-state index in [2.05, 4.69) is 9.97 Å². The number of para-hydroxylation sites is 1. The van der Waals surface area contributed by atoms with Crippen LogP contribution in [0.25, 0.3) is 0 Å². The predicted octanol–water partition coefficient (Wildman–Crippen LogP) is 2.83. The molecule has 2 rings (SSSR count). The molecule has 5 nitrogen and oxygen atoms in total. The van der Waals surface area contributed by atoms with Crippen molar-refractivity contribution in [1.82, 2.24) is 9.97 Å². The number of benzene rings is 1. The van der Waals surface area contributed by atoms with E-state index in [9.17, 15) is 4.79 Å². The van der Waals surface area contributed by atoms with Gasteiger partial charge in [-0.25, -0.2) is 14.8 Å². The van der Waals surface area contributed by atoms with Crippen LogP contribution in [0.5, 0.6) is 0 Å². The topological polar surface area (TPSA) is 89.1 Å². The molecule has 0 fully saturated rings. The summed E-state index contributed by atoms with van der Waals surface area (Å²) in [6.45, 7) is 5.81.